The smallest absolute Gasteiger partial charge is 0.106 e. The molecule has 25 heavy (non-hydrogen) atoms. The first-order valence-electron chi connectivity index (χ1n) is 8.95. The molecule has 0 aliphatic carbocycles. The van der Waals surface area contributed by atoms with Crippen molar-refractivity contribution in [2.24, 2.45) is 13.0 Å². The molecule has 3 heterocycles. The van der Waals surface area contributed by atoms with Crippen LogP contribution in [0, 0.1) is 12.8 Å². The normalized spacial score (nSPS) is 20.6. The molecule has 1 aliphatic rings. The molecule has 0 amide bonds. The second-order valence-corrected chi connectivity index (χ2v) is 6.79. The van der Waals surface area contributed by atoms with Crippen LogP contribution in [0.15, 0.2) is 36.7 Å². The molecule has 6 nitrogen and oxygen atoms in total. The Kier molecular flexibility index (Phi) is 4.55. The summed E-state index contributed by atoms with van der Waals surface area (Å²) >= 11 is 0. The summed E-state index contributed by atoms with van der Waals surface area (Å²) in [5, 5.41) is 7.88. The lowest BCUT2D eigenvalue weighted by Crippen LogP contribution is -2.28. The van der Waals surface area contributed by atoms with Crippen LogP contribution in [-0.2, 0) is 18.3 Å². The van der Waals surface area contributed by atoms with Gasteiger partial charge < -0.3 is 14.6 Å². The van der Waals surface area contributed by atoms with Crippen LogP contribution in [-0.4, -0.2) is 39.0 Å². The van der Waals surface area contributed by atoms with Gasteiger partial charge >= 0.3 is 0 Å². The van der Waals surface area contributed by atoms with E-state index in [-0.39, 0.29) is 6.10 Å². The maximum Gasteiger partial charge on any atom is 0.106 e. The highest BCUT2D eigenvalue weighted by Crippen LogP contribution is 2.33. The molecular weight excluding hydrogens is 314 g/mol. The van der Waals surface area contributed by atoms with Crippen LogP contribution in [0.2, 0.25) is 0 Å². The zero-order chi connectivity index (χ0) is 17.2. The molecule has 3 aromatic rings. The maximum atomic E-state index is 5.94. The average Bonchev–Trinajstić information content (AvgIpc) is 3.30. The van der Waals surface area contributed by atoms with Crippen molar-refractivity contribution in [1.29, 1.82) is 0 Å². The zero-order valence-corrected chi connectivity index (χ0v) is 14.9. The Morgan fingerprint density at radius 1 is 1.32 bits per heavy atom. The number of nitrogens with zero attached hydrogens (tertiary/aromatic N) is 4. The van der Waals surface area contributed by atoms with Crippen molar-refractivity contribution in [2.45, 2.75) is 26.0 Å². The van der Waals surface area contributed by atoms with E-state index in [1.165, 1.54) is 11.1 Å². The van der Waals surface area contributed by atoms with E-state index >= 15 is 0 Å². The summed E-state index contributed by atoms with van der Waals surface area (Å²) in [4.78, 5) is 4.63. The van der Waals surface area contributed by atoms with Crippen molar-refractivity contribution >= 4 is 11.0 Å². The Morgan fingerprint density at radius 3 is 3.04 bits per heavy atom. The van der Waals surface area contributed by atoms with Gasteiger partial charge in [0, 0.05) is 51.0 Å². The van der Waals surface area contributed by atoms with Gasteiger partial charge in [0.15, 0.2) is 0 Å². The van der Waals surface area contributed by atoms with E-state index < -0.39 is 0 Å². The predicted octanol–water partition coefficient (Wildman–Crippen LogP) is 2.45. The molecule has 1 aromatic carbocycles. The SMILES string of the molecule is Cc1nc2ccccc2n1CCNC[C@H]1CCO[C@@H]1c1cnn(C)c1. The molecule has 0 spiro atoms. The van der Waals surface area contributed by atoms with Crippen molar-refractivity contribution in [3.8, 4) is 0 Å². The topological polar surface area (TPSA) is 56.9 Å². The Morgan fingerprint density at radius 2 is 2.20 bits per heavy atom. The number of aromatic nitrogens is 4. The standard InChI is InChI=1S/C19H25N5O/c1-14-22-17-5-3-4-6-18(17)24(14)9-8-20-11-15-7-10-25-19(15)16-12-21-23(2)13-16/h3-6,12-13,15,19-20H,7-11H2,1-2H3/t15-,19+/m1/s1. The van der Waals surface area contributed by atoms with Gasteiger partial charge in [0.2, 0.25) is 0 Å². The van der Waals surface area contributed by atoms with Gasteiger partial charge in [0.25, 0.3) is 0 Å². The van der Waals surface area contributed by atoms with E-state index in [0.717, 1.165) is 44.0 Å². The Bertz CT molecular complexity index is 852. The van der Waals surface area contributed by atoms with Crippen molar-refractivity contribution in [1.82, 2.24) is 24.6 Å². The monoisotopic (exact) mass is 339 g/mol. The molecule has 1 fully saturated rings. The number of ether oxygens (including phenoxy) is 1. The number of benzene rings is 1. The number of nitrogens with one attached hydrogen (secondary N) is 1. The molecule has 1 aliphatic heterocycles. The van der Waals surface area contributed by atoms with Crippen LogP contribution in [0.1, 0.15) is 23.9 Å². The molecule has 2 aromatic heterocycles. The van der Waals surface area contributed by atoms with Gasteiger partial charge in [-0.1, -0.05) is 12.1 Å². The van der Waals surface area contributed by atoms with Gasteiger partial charge in [-0.2, -0.15) is 5.10 Å². The summed E-state index contributed by atoms with van der Waals surface area (Å²) in [5.74, 6) is 1.57. The highest BCUT2D eigenvalue weighted by atomic mass is 16.5. The fourth-order valence-electron chi connectivity index (χ4n) is 3.75. The van der Waals surface area contributed by atoms with Gasteiger partial charge in [-0.15, -0.1) is 0 Å². The molecule has 0 radical (unpaired) electrons. The van der Waals surface area contributed by atoms with Gasteiger partial charge in [-0.25, -0.2) is 4.98 Å². The van der Waals surface area contributed by atoms with E-state index in [2.05, 4.69) is 51.3 Å². The minimum atomic E-state index is 0.164. The molecule has 2 atom stereocenters. The molecular formula is C19H25N5O. The summed E-state index contributed by atoms with van der Waals surface area (Å²) in [6.07, 6.45) is 5.24. The third-order valence-corrected chi connectivity index (χ3v) is 5.03. The Balaban J connectivity index is 1.34. The fourth-order valence-corrected chi connectivity index (χ4v) is 3.75. The van der Waals surface area contributed by atoms with Crippen LogP contribution in [0.3, 0.4) is 0 Å². The summed E-state index contributed by atoms with van der Waals surface area (Å²) in [6, 6.07) is 8.32. The number of hydrogen-bond donors (Lipinski definition) is 1. The first kappa shape index (κ1) is 16.3. The lowest BCUT2D eigenvalue weighted by atomic mass is 9.97. The van der Waals surface area contributed by atoms with Crippen molar-refractivity contribution in [3.05, 3.63) is 48.0 Å². The molecule has 132 valence electrons. The lowest BCUT2D eigenvalue weighted by molar-refractivity contribution is 0.0904. The first-order valence-corrected chi connectivity index (χ1v) is 8.95. The molecule has 0 bridgehead atoms. The highest BCUT2D eigenvalue weighted by Gasteiger charge is 2.30. The molecule has 1 N–H and O–H groups in total. The van der Waals surface area contributed by atoms with Gasteiger partial charge in [0.1, 0.15) is 5.82 Å². The van der Waals surface area contributed by atoms with E-state index in [1.54, 1.807) is 0 Å². The first-order chi connectivity index (χ1) is 12.2. The third kappa shape index (κ3) is 3.32. The minimum absolute atomic E-state index is 0.164. The van der Waals surface area contributed by atoms with Crippen molar-refractivity contribution < 1.29 is 4.74 Å². The van der Waals surface area contributed by atoms with Gasteiger partial charge in [0.05, 0.1) is 23.3 Å². The fraction of sp³-hybridized carbons (Fsp3) is 0.474. The summed E-state index contributed by atoms with van der Waals surface area (Å²) < 4.78 is 10.1. The number of hydrogen-bond acceptors (Lipinski definition) is 4. The zero-order valence-electron chi connectivity index (χ0n) is 14.9. The second-order valence-electron chi connectivity index (χ2n) is 6.79. The number of rotatable bonds is 6. The molecule has 6 heteroatoms. The average molecular weight is 339 g/mol. The number of aryl methyl sites for hydroxylation is 2. The molecule has 0 unspecified atom stereocenters. The maximum absolute atomic E-state index is 5.94. The largest absolute Gasteiger partial charge is 0.373 e. The molecule has 0 saturated carbocycles. The predicted molar refractivity (Wildman–Crippen MR) is 97.3 cm³/mol. The third-order valence-electron chi connectivity index (χ3n) is 5.03. The second kappa shape index (κ2) is 6.98. The Labute approximate surface area is 147 Å². The lowest BCUT2D eigenvalue weighted by Gasteiger charge is -2.18. The number of para-hydroxylation sites is 2. The van der Waals surface area contributed by atoms with E-state index in [1.807, 2.05) is 24.0 Å². The minimum Gasteiger partial charge on any atom is -0.373 e. The van der Waals surface area contributed by atoms with Crippen LogP contribution < -0.4 is 5.32 Å². The number of fused-ring (bicyclic) bond motifs is 1. The molecule has 4 rings (SSSR count). The van der Waals surface area contributed by atoms with E-state index in [0.29, 0.717) is 5.92 Å². The van der Waals surface area contributed by atoms with Gasteiger partial charge in [-0.3, -0.25) is 4.68 Å². The number of imidazole rings is 1. The van der Waals surface area contributed by atoms with E-state index in [9.17, 15) is 0 Å². The van der Waals surface area contributed by atoms with Crippen molar-refractivity contribution in [2.75, 3.05) is 19.7 Å². The Hall–Kier alpha value is -2.18. The van der Waals surface area contributed by atoms with E-state index in [4.69, 9.17) is 4.74 Å². The highest BCUT2D eigenvalue weighted by molar-refractivity contribution is 5.75. The summed E-state index contributed by atoms with van der Waals surface area (Å²) in [7, 11) is 1.95. The molecule has 1 saturated heterocycles. The van der Waals surface area contributed by atoms with Crippen LogP contribution in [0.4, 0.5) is 0 Å². The van der Waals surface area contributed by atoms with Crippen LogP contribution in [0.5, 0.6) is 0 Å². The van der Waals surface area contributed by atoms with Crippen molar-refractivity contribution in [3.63, 3.8) is 0 Å². The quantitative estimate of drug-likeness (QED) is 0.701. The van der Waals surface area contributed by atoms with Crippen LogP contribution in [0.25, 0.3) is 11.0 Å². The summed E-state index contributed by atoms with van der Waals surface area (Å²) in [5.41, 5.74) is 3.46. The summed E-state index contributed by atoms with van der Waals surface area (Å²) in [6.45, 7) is 5.72. The van der Waals surface area contributed by atoms with Gasteiger partial charge in [-0.05, 0) is 25.5 Å². The van der Waals surface area contributed by atoms with Crippen LogP contribution >= 0.6 is 0 Å².